The zero-order valence-corrected chi connectivity index (χ0v) is 15.9. The Morgan fingerprint density at radius 3 is 2.74 bits per heavy atom. The van der Waals surface area contributed by atoms with Gasteiger partial charge in [0.1, 0.15) is 23.7 Å². The number of carbonyl (C=O) groups excluding carboxylic acids is 1. The Balaban J connectivity index is 1.67. The van der Waals surface area contributed by atoms with E-state index < -0.39 is 35.6 Å². The van der Waals surface area contributed by atoms with Crippen LogP contribution in [0.1, 0.15) is 41.4 Å². The fourth-order valence-corrected chi connectivity index (χ4v) is 3.66. The van der Waals surface area contributed by atoms with Crippen LogP contribution in [-0.2, 0) is 0 Å². The highest BCUT2D eigenvalue weighted by atomic mass is 19.4. The molecule has 1 amide bonds. The molecule has 3 aromatic rings. The van der Waals surface area contributed by atoms with Gasteiger partial charge in [0.05, 0.1) is 17.5 Å². The van der Waals surface area contributed by atoms with Gasteiger partial charge >= 0.3 is 6.18 Å². The van der Waals surface area contributed by atoms with Crippen LogP contribution in [0.4, 0.5) is 23.4 Å². The van der Waals surface area contributed by atoms with Gasteiger partial charge in [-0.2, -0.15) is 18.3 Å². The second kappa shape index (κ2) is 8.10. The number of aliphatic hydroxyl groups is 1. The smallest absolute Gasteiger partial charge is 0.391 e. The van der Waals surface area contributed by atoms with E-state index in [2.05, 4.69) is 25.5 Å². The highest BCUT2D eigenvalue weighted by molar-refractivity contribution is 6.07. The van der Waals surface area contributed by atoms with Gasteiger partial charge in [-0.1, -0.05) is 12.1 Å². The van der Waals surface area contributed by atoms with E-state index in [1.165, 1.54) is 6.33 Å². The van der Waals surface area contributed by atoms with E-state index in [-0.39, 0.29) is 28.6 Å². The second-order valence-electron chi connectivity index (χ2n) is 7.27. The minimum Gasteiger partial charge on any atom is -0.391 e. The molecule has 12 heteroatoms. The number of nitrogens with one attached hydrogen (secondary N) is 3. The Morgan fingerprint density at radius 2 is 2.06 bits per heavy atom. The predicted molar refractivity (Wildman–Crippen MR) is 102 cm³/mol. The number of halogens is 4. The molecule has 0 bridgehead atoms. The van der Waals surface area contributed by atoms with Crippen LogP contribution in [-0.4, -0.2) is 49.5 Å². The first-order valence-corrected chi connectivity index (χ1v) is 9.50. The fraction of sp³-hybridized carbons (Fsp3) is 0.368. The van der Waals surface area contributed by atoms with E-state index in [9.17, 15) is 27.5 Å². The molecule has 0 unspecified atom stereocenters. The summed E-state index contributed by atoms with van der Waals surface area (Å²) in [6.07, 6.45) is -2.22. The molecule has 0 spiro atoms. The average Bonchev–Trinajstić information content (AvgIpc) is 3.32. The van der Waals surface area contributed by atoms with Crippen molar-refractivity contribution in [3.63, 3.8) is 0 Å². The molecular weight excluding hydrogens is 420 g/mol. The van der Waals surface area contributed by atoms with Crippen LogP contribution in [0, 0.1) is 5.82 Å². The Labute approximate surface area is 173 Å². The molecule has 0 aliphatic heterocycles. The number of carbonyl (C=O) groups is 1. The van der Waals surface area contributed by atoms with Gasteiger partial charge in [0.2, 0.25) is 0 Å². The van der Waals surface area contributed by atoms with Crippen molar-refractivity contribution in [3.05, 3.63) is 47.7 Å². The third kappa shape index (κ3) is 4.29. The van der Waals surface area contributed by atoms with Crippen molar-refractivity contribution in [2.24, 2.45) is 0 Å². The van der Waals surface area contributed by atoms with Crippen LogP contribution in [0.5, 0.6) is 0 Å². The summed E-state index contributed by atoms with van der Waals surface area (Å²) in [5, 5.41) is 21.3. The molecule has 0 radical (unpaired) electrons. The maximum atomic E-state index is 13.6. The number of rotatable bonds is 5. The number of nitrogens with zero attached hydrogens (tertiary/aromatic N) is 3. The number of amides is 1. The molecule has 4 rings (SSSR count). The van der Waals surface area contributed by atoms with Crippen molar-refractivity contribution in [1.82, 2.24) is 25.5 Å². The van der Waals surface area contributed by atoms with Crippen molar-refractivity contribution in [3.8, 4) is 0 Å². The molecule has 2 heterocycles. The van der Waals surface area contributed by atoms with Crippen LogP contribution in [0.2, 0.25) is 0 Å². The molecule has 1 aliphatic rings. The molecule has 1 fully saturated rings. The largest absolute Gasteiger partial charge is 0.412 e. The molecule has 164 valence electrons. The van der Waals surface area contributed by atoms with Crippen molar-refractivity contribution in [1.29, 1.82) is 0 Å². The van der Waals surface area contributed by atoms with E-state index in [1.807, 2.05) is 5.32 Å². The molecule has 1 aromatic carbocycles. The summed E-state index contributed by atoms with van der Waals surface area (Å²) in [6, 6.07) is 1.16. The standard InChI is InChI=1S/C19H18F4N6O2/c20-10-4-1-3-9(7-10)15(19(21,22)23)27-18(31)14-13-16(24-8-25-17(13)29-28-14)26-11-5-2-6-12(11)30/h1,3-4,7-8,11-12,15,30H,2,5-6H2,(H,27,31)(H2,24,25,26,28,29)/t11-,12-,15+/m1/s1. The Hall–Kier alpha value is -3.28. The molecule has 8 nitrogen and oxygen atoms in total. The minimum atomic E-state index is -4.87. The van der Waals surface area contributed by atoms with Crippen LogP contribution in [0.15, 0.2) is 30.6 Å². The summed E-state index contributed by atoms with van der Waals surface area (Å²) in [5.74, 6) is -1.80. The zero-order valence-electron chi connectivity index (χ0n) is 15.9. The normalized spacial score (nSPS) is 20.0. The third-order valence-electron chi connectivity index (χ3n) is 5.16. The summed E-state index contributed by atoms with van der Waals surface area (Å²) in [6.45, 7) is 0. The lowest BCUT2D eigenvalue weighted by molar-refractivity contribution is -0.155. The van der Waals surface area contributed by atoms with Crippen LogP contribution < -0.4 is 10.6 Å². The van der Waals surface area contributed by atoms with Gasteiger partial charge in [-0.05, 0) is 37.0 Å². The van der Waals surface area contributed by atoms with Crippen molar-refractivity contribution < 1.29 is 27.5 Å². The number of aliphatic hydroxyl groups excluding tert-OH is 1. The summed E-state index contributed by atoms with van der Waals surface area (Å²) in [5.41, 5.74) is -0.658. The minimum absolute atomic E-state index is 0.0736. The summed E-state index contributed by atoms with van der Waals surface area (Å²) >= 11 is 0. The molecule has 4 N–H and O–H groups in total. The Morgan fingerprint density at radius 1 is 1.26 bits per heavy atom. The summed E-state index contributed by atoms with van der Waals surface area (Å²) < 4.78 is 54.3. The van der Waals surface area contributed by atoms with E-state index in [4.69, 9.17) is 0 Å². The highest BCUT2D eigenvalue weighted by Gasteiger charge is 2.42. The van der Waals surface area contributed by atoms with Crippen LogP contribution in [0.25, 0.3) is 11.0 Å². The van der Waals surface area contributed by atoms with Crippen molar-refractivity contribution in [2.75, 3.05) is 5.32 Å². The van der Waals surface area contributed by atoms with Crippen molar-refractivity contribution >= 4 is 22.8 Å². The van der Waals surface area contributed by atoms with E-state index >= 15 is 0 Å². The molecular formula is C19H18F4N6O2. The first kappa shape index (κ1) is 21.0. The maximum absolute atomic E-state index is 13.6. The lowest BCUT2D eigenvalue weighted by Gasteiger charge is -2.22. The average molecular weight is 438 g/mol. The van der Waals surface area contributed by atoms with Gasteiger partial charge in [0, 0.05) is 0 Å². The number of fused-ring (bicyclic) bond motifs is 1. The van der Waals surface area contributed by atoms with Crippen molar-refractivity contribution in [2.45, 2.75) is 43.6 Å². The van der Waals surface area contributed by atoms with Crippen LogP contribution in [0.3, 0.4) is 0 Å². The number of H-pyrrole nitrogens is 1. The molecule has 2 aromatic heterocycles. The number of hydrogen-bond donors (Lipinski definition) is 4. The first-order chi connectivity index (χ1) is 14.7. The fourth-order valence-electron chi connectivity index (χ4n) is 3.66. The summed E-state index contributed by atoms with van der Waals surface area (Å²) in [7, 11) is 0. The second-order valence-corrected chi connectivity index (χ2v) is 7.27. The number of anilines is 1. The molecule has 1 aliphatic carbocycles. The van der Waals surface area contributed by atoms with E-state index in [0.717, 1.165) is 24.6 Å². The predicted octanol–water partition coefficient (Wildman–Crippen LogP) is 2.85. The lowest BCUT2D eigenvalue weighted by atomic mass is 10.1. The van der Waals surface area contributed by atoms with Crippen LogP contribution >= 0.6 is 0 Å². The number of hydrogen-bond acceptors (Lipinski definition) is 6. The maximum Gasteiger partial charge on any atom is 0.412 e. The molecule has 3 atom stereocenters. The third-order valence-corrected chi connectivity index (χ3v) is 5.16. The van der Waals surface area contributed by atoms with Gasteiger partial charge in [-0.15, -0.1) is 0 Å². The zero-order chi connectivity index (χ0) is 22.2. The SMILES string of the molecule is O=C(N[C@@H](c1cccc(F)c1)C(F)(F)F)c1[nH]nc2ncnc(N[C@@H]3CCC[C@H]3O)c12. The monoisotopic (exact) mass is 438 g/mol. The number of aromatic nitrogens is 4. The molecule has 1 saturated carbocycles. The van der Waals surface area contributed by atoms with Gasteiger partial charge in [-0.25, -0.2) is 14.4 Å². The summed E-state index contributed by atoms with van der Waals surface area (Å²) in [4.78, 5) is 20.8. The highest BCUT2D eigenvalue weighted by Crippen LogP contribution is 2.34. The van der Waals surface area contributed by atoms with E-state index in [0.29, 0.717) is 18.9 Å². The number of aromatic amines is 1. The van der Waals surface area contributed by atoms with E-state index in [1.54, 1.807) is 0 Å². The van der Waals surface area contributed by atoms with Gasteiger partial charge in [0.15, 0.2) is 11.7 Å². The van der Waals surface area contributed by atoms with Gasteiger partial charge in [0.25, 0.3) is 5.91 Å². The molecule has 0 saturated heterocycles. The van der Waals surface area contributed by atoms with Gasteiger partial charge in [-0.3, -0.25) is 9.89 Å². The lowest BCUT2D eigenvalue weighted by Crippen LogP contribution is -2.38. The number of benzene rings is 1. The Kier molecular flexibility index (Phi) is 5.48. The first-order valence-electron chi connectivity index (χ1n) is 9.50. The Bertz CT molecular complexity index is 1100. The quantitative estimate of drug-likeness (QED) is 0.456. The topological polar surface area (TPSA) is 116 Å². The van der Waals surface area contributed by atoms with Gasteiger partial charge < -0.3 is 15.7 Å². The number of alkyl halides is 3. The molecule has 31 heavy (non-hydrogen) atoms.